The Labute approximate surface area is 166 Å². The Morgan fingerprint density at radius 2 is 1.96 bits per heavy atom. The third-order valence-electron chi connectivity index (χ3n) is 5.95. The first-order chi connectivity index (χ1) is 13.6. The number of nitrogens with zero attached hydrogens (tertiary/aromatic N) is 7. The molecule has 6 rings (SSSR count). The summed E-state index contributed by atoms with van der Waals surface area (Å²) in [6, 6.07) is 2.49. The minimum Gasteiger partial charge on any atom is -0.350 e. The lowest BCUT2D eigenvalue weighted by Gasteiger charge is -2.58. The molecule has 1 spiro atoms. The summed E-state index contributed by atoms with van der Waals surface area (Å²) in [5.74, 6) is 1.25. The largest absolute Gasteiger partial charge is 0.350 e. The van der Waals surface area contributed by atoms with Crippen LogP contribution < -0.4 is 5.32 Å². The molecule has 142 valence electrons. The van der Waals surface area contributed by atoms with Crippen LogP contribution in [0.2, 0.25) is 5.15 Å². The molecule has 0 aromatic carbocycles. The Bertz CT molecular complexity index is 1200. The van der Waals surface area contributed by atoms with Crippen molar-refractivity contribution in [2.24, 2.45) is 5.41 Å². The molecule has 28 heavy (non-hydrogen) atoms. The van der Waals surface area contributed by atoms with Crippen LogP contribution in [-0.2, 0) is 0 Å². The normalized spacial score (nSPS) is 19.2. The van der Waals surface area contributed by atoms with E-state index in [9.17, 15) is 0 Å². The van der Waals surface area contributed by atoms with Gasteiger partial charge in [0.15, 0.2) is 0 Å². The van der Waals surface area contributed by atoms with Crippen molar-refractivity contribution in [2.75, 3.05) is 25.5 Å². The molecule has 1 saturated heterocycles. The maximum atomic E-state index is 6.17. The van der Waals surface area contributed by atoms with Crippen molar-refractivity contribution in [2.45, 2.75) is 18.9 Å². The highest BCUT2D eigenvalue weighted by molar-refractivity contribution is 6.29. The number of nitrogens with one attached hydrogen (secondary N) is 1. The molecule has 1 aliphatic carbocycles. The quantitative estimate of drug-likeness (QED) is 0.575. The molecule has 4 aromatic heterocycles. The lowest BCUT2D eigenvalue weighted by Crippen LogP contribution is -2.63. The maximum absolute atomic E-state index is 6.17. The van der Waals surface area contributed by atoms with E-state index in [2.05, 4.69) is 37.3 Å². The van der Waals surface area contributed by atoms with Gasteiger partial charge in [-0.05, 0) is 31.4 Å². The molecule has 8 nitrogen and oxygen atoms in total. The van der Waals surface area contributed by atoms with Gasteiger partial charge in [0, 0.05) is 48.8 Å². The monoisotopic (exact) mass is 394 g/mol. The molecule has 2 aliphatic rings. The van der Waals surface area contributed by atoms with Gasteiger partial charge in [-0.25, -0.2) is 19.5 Å². The molecule has 1 aliphatic heterocycles. The predicted octanol–water partition coefficient (Wildman–Crippen LogP) is 2.60. The third kappa shape index (κ3) is 2.41. The SMILES string of the molecule is CN1CC2(CC(Nc3ncc4c(-c5cnc6ncc(Cl)n6c5)ccn4n3)C2)C1. The van der Waals surface area contributed by atoms with E-state index in [1.165, 1.54) is 25.9 Å². The second kappa shape index (κ2) is 5.65. The van der Waals surface area contributed by atoms with E-state index in [0.29, 0.717) is 28.3 Å². The minimum absolute atomic E-state index is 0.469. The Morgan fingerprint density at radius 3 is 2.79 bits per heavy atom. The molecule has 0 amide bonds. The molecule has 0 radical (unpaired) electrons. The molecule has 0 unspecified atom stereocenters. The van der Waals surface area contributed by atoms with Crippen LogP contribution in [0.5, 0.6) is 0 Å². The van der Waals surface area contributed by atoms with Gasteiger partial charge in [0.2, 0.25) is 11.7 Å². The van der Waals surface area contributed by atoms with E-state index in [0.717, 1.165) is 16.6 Å². The standard InChI is InChI=1S/C19H19ClN8/c1-26-10-19(11-26)4-13(5-19)24-17-21-7-15-14(2-3-28(15)25-17)12-6-22-18-23-8-16(20)27(18)9-12/h2-3,6-9,13H,4-5,10-11H2,1H3,(H,24,25). The maximum Gasteiger partial charge on any atom is 0.241 e. The average molecular weight is 395 g/mol. The smallest absolute Gasteiger partial charge is 0.241 e. The van der Waals surface area contributed by atoms with Crippen molar-refractivity contribution in [3.8, 4) is 11.1 Å². The van der Waals surface area contributed by atoms with Gasteiger partial charge in [-0.3, -0.25) is 4.40 Å². The Balaban J connectivity index is 1.26. The highest BCUT2D eigenvalue weighted by Crippen LogP contribution is 2.48. The minimum atomic E-state index is 0.469. The van der Waals surface area contributed by atoms with Gasteiger partial charge >= 0.3 is 0 Å². The molecule has 0 bridgehead atoms. The van der Waals surface area contributed by atoms with Gasteiger partial charge in [0.1, 0.15) is 5.15 Å². The van der Waals surface area contributed by atoms with Crippen LogP contribution in [0.1, 0.15) is 12.8 Å². The van der Waals surface area contributed by atoms with Gasteiger partial charge in [0.05, 0.1) is 17.9 Å². The number of halogens is 1. The molecule has 0 atom stereocenters. The fourth-order valence-electron chi connectivity index (χ4n) is 4.82. The van der Waals surface area contributed by atoms with E-state index >= 15 is 0 Å². The van der Waals surface area contributed by atoms with E-state index in [1.807, 2.05) is 29.2 Å². The van der Waals surface area contributed by atoms with E-state index in [-0.39, 0.29) is 0 Å². The molecule has 5 heterocycles. The van der Waals surface area contributed by atoms with E-state index in [1.54, 1.807) is 16.8 Å². The predicted molar refractivity (Wildman–Crippen MR) is 107 cm³/mol. The second-order valence-electron chi connectivity index (χ2n) is 8.16. The van der Waals surface area contributed by atoms with Crippen LogP contribution in [0.3, 0.4) is 0 Å². The van der Waals surface area contributed by atoms with Gasteiger partial charge in [-0.1, -0.05) is 11.6 Å². The Kier molecular flexibility index (Phi) is 3.28. The summed E-state index contributed by atoms with van der Waals surface area (Å²) < 4.78 is 3.62. The zero-order chi connectivity index (χ0) is 18.9. The van der Waals surface area contributed by atoms with Crippen molar-refractivity contribution < 1.29 is 0 Å². The van der Waals surface area contributed by atoms with Gasteiger partial charge in [-0.15, -0.1) is 5.10 Å². The van der Waals surface area contributed by atoms with Crippen molar-refractivity contribution in [1.29, 1.82) is 0 Å². The summed E-state index contributed by atoms with van der Waals surface area (Å²) in [7, 11) is 2.18. The number of hydrogen-bond acceptors (Lipinski definition) is 6. The van der Waals surface area contributed by atoms with Crippen molar-refractivity contribution in [3.05, 3.63) is 42.2 Å². The number of likely N-dealkylation sites (tertiary alicyclic amines) is 1. The number of fused-ring (bicyclic) bond motifs is 2. The number of aromatic nitrogens is 6. The zero-order valence-corrected chi connectivity index (χ0v) is 16.1. The molecule has 2 fully saturated rings. The van der Waals surface area contributed by atoms with Crippen molar-refractivity contribution in [3.63, 3.8) is 0 Å². The third-order valence-corrected chi connectivity index (χ3v) is 6.23. The van der Waals surface area contributed by atoms with Crippen LogP contribution in [0.25, 0.3) is 22.4 Å². The number of anilines is 1. The first-order valence-electron chi connectivity index (χ1n) is 9.37. The van der Waals surface area contributed by atoms with Crippen LogP contribution in [0.15, 0.2) is 37.1 Å². The first-order valence-corrected chi connectivity index (χ1v) is 9.75. The molecule has 1 N–H and O–H groups in total. The first kappa shape index (κ1) is 16.3. The molecule has 1 saturated carbocycles. The highest BCUT2D eigenvalue weighted by atomic mass is 35.5. The van der Waals surface area contributed by atoms with Crippen LogP contribution in [0.4, 0.5) is 5.95 Å². The topological polar surface area (TPSA) is 75.6 Å². The van der Waals surface area contributed by atoms with Crippen molar-refractivity contribution >= 4 is 28.8 Å². The van der Waals surface area contributed by atoms with Crippen molar-refractivity contribution in [1.82, 2.24) is 33.9 Å². The number of hydrogen-bond donors (Lipinski definition) is 1. The molecular formula is C19H19ClN8. The summed E-state index contributed by atoms with van der Waals surface area (Å²) in [4.78, 5) is 15.5. The number of rotatable bonds is 3. The molecule has 9 heteroatoms. The summed E-state index contributed by atoms with van der Waals surface area (Å²) in [6.07, 6.45) is 11.5. The molecular weight excluding hydrogens is 376 g/mol. The molecule has 4 aromatic rings. The summed E-state index contributed by atoms with van der Waals surface area (Å²) in [5.41, 5.74) is 3.41. The lowest BCUT2D eigenvalue weighted by molar-refractivity contribution is -0.0514. The van der Waals surface area contributed by atoms with E-state index < -0.39 is 0 Å². The fraction of sp³-hybridized carbons (Fsp3) is 0.368. The van der Waals surface area contributed by atoms with Gasteiger partial charge in [0.25, 0.3) is 0 Å². The zero-order valence-electron chi connectivity index (χ0n) is 15.4. The van der Waals surface area contributed by atoms with Crippen LogP contribution >= 0.6 is 11.6 Å². The number of imidazole rings is 1. The van der Waals surface area contributed by atoms with Crippen LogP contribution in [-0.4, -0.2) is 60.0 Å². The second-order valence-corrected chi connectivity index (χ2v) is 8.54. The fourth-order valence-corrected chi connectivity index (χ4v) is 5.00. The summed E-state index contributed by atoms with van der Waals surface area (Å²) in [6.45, 7) is 2.43. The summed E-state index contributed by atoms with van der Waals surface area (Å²) >= 11 is 6.17. The van der Waals surface area contributed by atoms with Gasteiger partial charge < -0.3 is 10.2 Å². The summed E-state index contributed by atoms with van der Waals surface area (Å²) in [5, 5.41) is 8.65. The lowest BCUT2D eigenvalue weighted by atomic mass is 9.61. The van der Waals surface area contributed by atoms with Crippen LogP contribution in [0, 0.1) is 5.41 Å². The Morgan fingerprint density at radius 1 is 1.14 bits per heavy atom. The van der Waals surface area contributed by atoms with Gasteiger partial charge in [-0.2, -0.15) is 0 Å². The van der Waals surface area contributed by atoms with E-state index in [4.69, 9.17) is 11.6 Å². The highest BCUT2D eigenvalue weighted by Gasteiger charge is 2.51. The Hall–Kier alpha value is -2.71. The average Bonchev–Trinajstić information content (AvgIpc) is 3.22.